The number of hydrazine groups is 1. The number of rotatable bonds is 4. The molecule has 2 heterocycles. The van der Waals surface area contributed by atoms with Crippen molar-refractivity contribution in [1.29, 1.82) is 0 Å². The average Bonchev–Trinajstić information content (AvgIpc) is 2.38. The Bertz CT molecular complexity index is 297. The zero-order valence-corrected chi connectivity index (χ0v) is 9.47. The highest BCUT2D eigenvalue weighted by Gasteiger charge is 2.16. The maximum atomic E-state index is 5.77. The number of aromatic nitrogens is 2. The second kappa shape index (κ2) is 5.89. The molecular weight excluding hydrogens is 202 g/mol. The normalized spacial score (nSPS) is 19.6. The smallest absolute Gasteiger partial charge is 0.115 e. The Balaban J connectivity index is 1.94. The summed E-state index contributed by atoms with van der Waals surface area (Å²) >= 11 is 0. The van der Waals surface area contributed by atoms with Gasteiger partial charge in [-0.05, 0) is 18.9 Å². The van der Waals surface area contributed by atoms with Crippen molar-refractivity contribution in [3.8, 4) is 0 Å². The van der Waals surface area contributed by atoms with Crippen LogP contribution in [0.5, 0.6) is 0 Å². The maximum Gasteiger partial charge on any atom is 0.115 e. The lowest BCUT2D eigenvalue weighted by molar-refractivity contribution is 0.129. The number of nitrogens with zero attached hydrogens (tertiary/aromatic N) is 3. The summed E-state index contributed by atoms with van der Waals surface area (Å²) in [5, 5.41) is 2.25. The molecule has 1 fully saturated rings. The van der Waals surface area contributed by atoms with E-state index in [2.05, 4.69) is 20.4 Å². The first-order chi connectivity index (χ1) is 7.90. The quantitative estimate of drug-likeness (QED) is 0.773. The van der Waals surface area contributed by atoms with Crippen LogP contribution in [0.4, 0.5) is 0 Å². The van der Waals surface area contributed by atoms with Crippen molar-refractivity contribution < 1.29 is 0 Å². The third-order valence-electron chi connectivity index (χ3n) is 2.89. The van der Waals surface area contributed by atoms with Crippen molar-refractivity contribution in [3.05, 3.63) is 24.3 Å². The summed E-state index contributed by atoms with van der Waals surface area (Å²) in [4.78, 5) is 8.15. The number of nitrogens with two attached hydrogens (primary N) is 1. The first-order valence-corrected chi connectivity index (χ1v) is 5.87. The minimum atomic E-state index is 0.0982. The van der Waals surface area contributed by atoms with Gasteiger partial charge in [-0.2, -0.15) is 0 Å². The summed E-state index contributed by atoms with van der Waals surface area (Å²) in [5.41, 5.74) is 10.2. The number of piperidine rings is 1. The van der Waals surface area contributed by atoms with Crippen LogP contribution in [0, 0.1) is 0 Å². The van der Waals surface area contributed by atoms with Gasteiger partial charge >= 0.3 is 0 Å². The molecule has 1 aromatic rings. The minimum Gasteiger partial charge on any atom is -0.328 e. The lowest BCUT2D eigenvalue weighted by Gasteiger charge is -2.30. The summed E-state index contributed by atoms with van der Waals surface area (Å²) in [7, 11) is 0. The van der Waals surface area contributed by atoms with Crippen LogP contribution < -0.4 is 11.2 Å². The highest BCUT2D eigenvalue weighted by atomic mass is 15.5. The Kier molecular flexibility index (Phi) is 4.21. The number of hydrogen-bond acceptors (Lipinski definition) is 5. The molecule has 88 valence electrons. The van der Waals surface area contributed by atoms with Crippen LogP contribution in [-0.4, -0.2) is 34.6 Å². The summed E-state index contributed by atoms with van der Waals surface area (Å²) in [6.45, 7) is 2.75. The lowest BCUT2D eigenvalue weighted by atomic mass is 10.1. The molecule has 0 bridgehead atoms. The van der Waals surface area contributed by atoms with E-state index >= 15 is 0 Å². The van der Waals surface area contributed by atoms with E-state index in [1.54, 1.807) is 12.5 Å². The van der Waals surface area contributed by atoms with Gasteiger partial charge in [-0.25, -0.2) is 20.4 Å². The van der Waals surface area contributed by atoms with E-state index in [0.717, 1.165) is 18.8 Å². The van der Waals surface area contributed by atoms with Crippen molar-refractivity contribution in [2.24, 2.45) is 5.73 Å². The van der Waals surface area contributed by atoms with Gasteiger partial charge in [0.25, 0.3) is 0 Å². The largest absolute Gasteiger partial charge is 0.328 e. The van der Waals surface area contributed by atoms with Crippen LogP contribution >= 0.6 is 0 Å². The van der Waals surface area contributed by atoms with Gasteiger partial charge < -0.3 is 5.73 Å². The van der Waals surface area contributed by atoms with Gasteiger partial charge in [-0.3, -0.25) is 0 Å². The van der Waals surface area contributed by atoms with E-state index in [1.165, 1.54) is 19.3 Å². The van der Waals surface area contributed by atoms with Crippen LogP contribution in [0.25, 0.3) is 0 Å². The molecule has 0 saturated carbocycles. The van der Waals surface area contributed by atoms with Gasteiger partial charge in [0, 0.05) is 25.8 Å². The van der Waals surface area contributed by atoms with Crippen LogP contribution in [0.3, 0.4) is 0 Å². The molecule has 3 N–H and O–H groups in total. The molecule has 0 spiro atoms. The summed E-state index contributed by atoms with van der Waals surface area (Å²) in [5.74, 6) is 0. The van der Waals surface area contributed by atoms with Crippen molar-refractivity contribution in [2.45, 2.75) is 25.3 Å². The molecule has 1 saturated heterocycles. The fourth-order valence-corrected chi connectivity index (χ4v) is 1.99. The second-order valence-corrected chi connectivity index (χ2v) is 4.10. The maximum absolute atomic E-state index is 5.77. The van der Waals surface area contributed by atoms with Crippen LogP contribution in [0.15, 0.2) is 18.6 Å². The van der Waals surface area contributed by atoms with E-state index < -0.39 is 0 Å². The number of nitrogens with one attached hydrogen (secondary N) is 1. The molecule has 1 aliphatic heterocycles. The van der Waals surface area contributed by atoms with Crippen molar-refractivity contribution in [2.75, 3.05) is 19.6 Å². The van der Waals surface area contributed by atoms with Gasteiger partial charge in [0.2, 0.25) is 0 Å². The molecule has 1 atom stereocenters. The second-order valence-electron chi connectivity index (χ2n) is 4.10. The first kappa shape index (κ1) is 11.4. The Morgan fingerprint density at radius 2 is 2.19 bits per heavy atom. The summed E-state index contributed by atoms with van der Waals surface area (Å²) in [6.07, 6.45) is 7.17. The Labute approximate surface area is 96.0 Å². The molecule has 2 rings (SSSR count). The highest BCUT2D eigenvalue weighted by Crippen LogP contribution is 2.11. The molecule has 1 aliphatic rings. The fraction of sp³-hybridized carbons (Fsp3) is 0.636. The molecular formula is C11H19N5. The van der Waals surface area contributed by atoms with E-state index in [-0.39, 0.29) is 6.04 Å². The standard InChI is InChI=1S/C11H19N5/c12-8-11(10-4-5-13-9-14-10)15-16-6-2-1-3-7-16/h4-5,9,11,15H,1-3,6-8,12H2. The van der Waals surface area contributed by atoms with Crippen LogP contribution in [-0.2, 0) is 0 Å². The molecule has 5 nitrogen and oxygen atoms in total. The highest BCUT2D eigenvalue weighted by molar-refractivity contribution is 5.04. The topological polar surface area (TPSA) is 67.1 Å². The Hall–Kier alpha value is -1.04. The molecule has 0 radical (unpaired) electrons. The molecule has 0 amide bonds. The van der Waals surface area contributed by atoms with E-state index in [0.29, 0.717) is 6.54 Å². The van der Waals surface area contributed by atoms with Crippen LogP contribution in [0.1, 0.15) is 31.0 Å². The molecule has 1 aromatic heterocycles. The zero-order valence-electron chi connectivity index (χ0n) is 9.47. The molecule has 5 heteroatoms. The molecule has 0 aromatic carbocycles. The Morgan fingerprint density at radius 1 is 1.38 bits per heavy atom. The molecule has 16 heavy (non-hydrogen) atoms. The molecule has 0 aliphatic carbocycles. The zero-order chi connectivity index (χ0) is 11.2. The van der Waals surface area contributed by atoms with Crippen molar-refractivity contribution in [3.63, 3.8) is 0 Å². The third-order valence-corrected chi connectivity index (χ3v) is 2.89. The van der Waals surface area contributed by atoms with Gasteiger partial charge in [0.15, 0.2) is 0 Å². The monoisotopic (exact) mass is 221 g/mol. The fourth-order valence-electron chi connectivity index (χ4n) is 1.99. The lowest BCUT2D eigenvalue weighted by Crippen LogP contribution is -2.45. The van der Waals surface area contributed by atoms with Crippen molar-refractivity contribution in [1.82, 2.24) is 20.4 Å². The first-order valence-electron chi connectivity index (χ1n) is 5.87. The minimum absolute atomic E-state index is 0.0982. The van der Waals surface area contributed by atoms with Gasteiger partial charge in [-0.1, -0.05) is 6.42 Å². The summed E-state index contributed by atoms with van der Waals surface area (Å²) < 4.78 is 0. The van der Waals surface area contributed by atoms with Crippen molar-refractivity contribution >= 4 is 0 Å². The predicted octanol–water partition coefficient (Wildman–Crippen LogP) is 0.467. The van der Waals surface area contributed by atoms with Gasteiger partial charge in [-0.15, -0.1) is 0 Å². The third kappa shape index (κ3) is 2.98. The number of hydrogen-bond donors (Lipinski definition) is 2. The van der Waals surface area contributed by atoms with Gasteiger partial charge in [0.1, 0.15) is 6.33 Å². The van der Waals surface area contributed by atoms with E-state index in [9.17, 15) is 0 Å². The summed E-state index contributed by atoms with van der Waals surface area (Å²) in [6, 6.07) is 2.01. The SMILES string of the molecule is NCC(NN1CCCCC1)c1ccncn1. The van der Waals surface area contributed by atoms with E-state index in [1.807, 2.05) is 6.07 Å². The predicted molar refractivity (Wildman–Crippen MR) is 62.4 cm³/mol. The average molecular weight is 221 g/mol. The molecule has 1 unspecified atom stereocenters. The Morgan fingerprint density at radius 3 is 2.81 bits per heavy atom. The van der Waals surface area contributed by atoms with Gasteiger partial charge in [0.05, 0.1) is 11.7 Å². The van der Waals surface area contributed by atoms with E-state index in [4.69, 9.17) is 5.73 Å². The van der Waals surface area contributed by atoms with Crippen LogP contribution in [0.2, 0.25) is 0 Å².